The van der Waals surface area contributed by atoms with E-state index < -0.39 is 0 Å². The van der Waals surface area contributed by atoms with Crippen molar-refractivity contribution in [2.45, 2.75) is 13.5 Å². The van der Waals surface area contributed by atoms with E-state index in [0.29, 0.717) is 29.2 Å². The zero-order valence-electron chi connectivity index (χ0n) is 15.2. The Morgan fingerprint density at radius 1 is 1.14 bits per heavy atom. The second kappa shape index (κ2) is 8.51. The molecule has 4 N–H and O–H groups in total. The lowest BCUT2D eigenvalue weighted by Gasteiger charge is -2.06. The number of benzene rings is 1. The summed E-state index contributed by atoms with van der Waals surface area (Å²) < 4.78 is 0. The van der Waals surface area contributed by atoms with Gasteiger partial charge in [-0.2, -0.15) is 10.4 Å². The van der Waals surface area contributed by atoms with E-state index in [1.54, 1.807) is 24.3 Å². The van der Waals surface area contributed by atoms with Gasteiger partial charge in [-0.15, -0.1) is 0 Å². The van der Waals surface area contributed by atoms with Crippen LogP contribution in [0.15, 0.2) is 58.6 Å². The molecule has 3 aromatic rings. The number of nitrogens with zero attached hydrogens (tertiary/aromatic N) is 6. The number of aromatic nitrogens is 3. The first-order chi connectivity index (χ1) is 13.6. The molecule has 138 valence electrons. The van der Waals surface area contributed by atoms with Crippen LogP contribution in [0.2, 0.25) is 0 Å². The van der Waals surface area contributed by atoms with Crippen LogP contribution in [0.5, 0.6) is 0 Å². The molecule has 0 aliphatic rings. The molecular weight excluding hydrogens is 352 g/mol. The number of anilines is 1. The van der Waals surface area contributed by atoms with Crippen molar-refractivity contribution in [3.63, 3.8) is 0 Å². The van der Waals surface area contributed by atoms with Crippen molar-refractivity contribution < 1.29 is 0 Å². The monoisotopic (exact) mass is 370 g/mol. The number of pyridine rings is 1. The molecule has 0 saturated heterocycles. The molecule has 1 aromatic carbocycles. The van der Waals surface area contributed by atoms with E-state index >= 15 is 0 Å². The standard InChI is InChI=1S/C20H18N8/c1-13-4-2-7-16(25-13)11-24-12-19(28-23)18-9-17(26-20(22)27-18)15-6-3-5-14(8-15)10-21/h2-9,12H,11,23H2,1H3,(H2,22,26,27). The number of nitrogen functional groups attached to an aromatic ring is 1. The average molecular weight is 370 g/mol. The predicted octanol–water partition coefficient (Wildman–Crippen LogP) is 2.23. The summed E-state index contributed by atoms with van der Waals surface area (Å²) >= 11 is 0. The molecule has 0 saturated carbocycles. The first-order valence-electron chi connectivity index (χ1n) is 8.45. The summed E-state index contributed by atoms with van der Waals surface area (Å²) in [5.74, 6) is 5.60. The van der Waals surface area contributed by atoms with Gasteiger partial charge in [-0.3, -0.25) is 9.98 Å². The van der Waals surface area contributed by atoms with Crippen molar-refractivity contribution in [3.05, 3.63) is 71.2 Å². The summed E-state index contributed by atoms with van der Waals surface area (Å²) in [6.45, 7) is 2.31. The second-order valence-electron chi connectivity index (χ2n) is 5.94. The molecule has 0 aliphatic heterocycles. The second-order valence-corrected chi connectivity index (χ2v) is 5.94. The summed E-state index contributed by atoms with van der Waals surface area (Å²) in [6, 6.07) is 16.6. The molecule has 0 unspecified atom stereocenters. The molecule has 0 amide bonds. The maximum Gasteiger partial charge on any atom is 0.221 e. The van der Waals surface area contributed by atoms with Crippen LogP contribution in [-0.2, 0) is 6.54 Å². The van der Waals surface area contributed by atoms with Crippen LogP contribution in [0.4, 0.5) is 5.95 Å². The van der Waals surface area contributed by atoms with Gasteiger partial charge in [0.1, 0.15) is 5.71 Å². The van der Waals surface area contributed by atoms with Gasteiger partial charge in [0.15, 0.2) is 0 Å². The van der Waals surface area contributed by atoms with Gasteiger partial charge in [0, 0.05) is 11.3 Å². The Kier molecular flexibility index (Phi) is 5.67. The Hall–Kier alpha value is -4.12. The maximum atomic E-state index is 9.09. The SMILES string of the molecule is Cc1cccc(CN=CC(=NN)c2cc(-c3cccc(C#N)c3)nc(N)n2)n1. The molecule has 2 aromatic heterocycles. The molecule has 0 aliphatic carbocycles. The third kappa shape index (κ3) is 4.53. The van der Waals surface area contributed by atoms with Gasteiger partial charge >= 0.3 is 0 Å². The molecule has 2 heterocycles. The Bertz CT molecular complexity index is 1100. The highest BCUT2D eigenvalue weighted by molar-refractivity contribution is 6.37. The van der Waals surface area contributed by atoms with Gasteiger partial charge in [-0.05, 0) is 37.3 Å². The number of rotatable bonds is 5. The summed E-state index contributed by atoms with van der Waals surface area (Å²) in [7, 11) is 0. The average Bonchev–Trinajstić information content (AvgIpc) is 2.71. The molecule has 0 bridgehead atoms. The number of aryl methyl sites for hydroxylation is 1. The van der Waals surface area contributed by atoms with Crippen molar-refractivity contribution in [2.75, 3.05) is 5.73 Å². The number of aliphatic imine (C=N–C) groups is 1. The van der Waals surface area contributed by atoms with Crippen LogP contribution < -0.4 is 11.6 Å². The third-order valence-electron chi connectivity index (χ3n) is 3.85. The van der Waals surface area contributed by atoms with E-state index in [1.165, 1.54) is 6.21 Å². The van der Waals surface area contributed by atoms with Gasteiger partial charge in [0.2, 0.25) is 5.95 Å². The highest BCUT2D eigenvalue weighted by atomic mass is 15.1. The van der Waals surface area contributed by atoms with Gasteiger partial charge in [-0.1, -0.05) is 18.2 Å². The number of hydrogen-bond donors (Lipinski definition) is 2. The lowest BCUT2D eigenvalue weighted by Crippen LogP contribution is -2.11. The van der Waals surface area contributed by atoms with E-state index in [1.807, 2.05) is 31.2 Å². The number of nitrogens with two attached hydrogens (primary N) is 2. The van der Waals surface area contributed by atoms with E-state index in [9.17, 15) is 0 Å². The molecule has 0 fully saturated rings. The van der Waals surface area contributed by atoms with Gasteiger partial charge in [-0.25, -0.2) is 9.97 Å². The minimum atomic E-state index is 0.0739. The largest absolute Gasteiger partial charge is 0.368 e. The number of hydrazone groups is 1. The fraction of sp³-hybridized carbons (Fsp3) is 0.100. The zero-order valence-corrected chi connectivity index (χ0v) is 15.2. The Labute approximate surface area is 162 Å². The van der Waals surface area contributed by atoms with Crippen LogP contribution in [0, 0.1) is 18.3 Å². The van der Waals surface area contributed by atoms with Crippen LogP contribution in [-0.4, -0.2) is 26.9 Å². The molecule has 8 heteroatoms. The van der Waals surface area contributed by atoms with Crippen molar-refractivity contribution in [2.24, 2.45) is 15.9 Å². The van der Waals surface area contributed by atoms with Crippen LogP contribution >= 0.6 is 0 Å². The fourth-order valence-corrected chi connectivity index (χ4v) is 2.57. The fourth-order valence-electron chi connectivity index (χ4n) is 2.57. The van der Waals surface area contributed by atoms with Crippen molar-refractivity contribution >= 4 is 17.9 Å². The predicted molar refractivity (Wildman–Crippen MR) is 108 cm³/mol. The first-order valence-corrected chi connectivity index (χ1v) is 8.45. The summed E-state index contributed by atoms with van der Waals surface area (Å²) in [5.41, 5.74) is 10.2. The quantitative estimate of drug-likeness (QED) is 0.401. The first kappa shape index (κ1) is 18.7. The number of hydrogen-bond acceptors (Lipinski definition) is 8. The minimum absolute atomic E-state index is 0.0739. The van der Waals surface area contributed by atoms with Gasteiger partial charge in [0.05, 0.1) is 41.5 Å². The third-order valence-corrected chi connectivity index (χ3v) is 3.85. The van der Waals surface area contributed by atoms with E-state index in [0.717, 1.165) is 17.0 Å². The lowest BCUT2D eigenvalue weighted by atomic mass is 10.1. The molecule has 3 rings (SSSR count). The Morgan fingerprint density at radius 3 is 2.71 bits per heavy atom. The normalized spacial score (nSPS) is 11.5. The smallest absolute Gasteiger partial charge is 0.221 e. The van der Waals surface area contributed by atoms with E-state index in [2.05, 4.69) is 31.1 Å². The number of nitriles is 1. The summed E-state index contributed by atoms with van der Waals surface area (Å²) in [5, 5.41) is 12.9. The Balaban J connectivity index is 1.87. The highest BCUT2D eigenvalue weighted by Crippen LogP contribution is 2.20. The minimum Gasteiger partial charge on any atom is -0.368 e. The van der Waals surface area contributed by atoms with E-state index in [-0.39, 0.29) is 5.95 Å². The lowest BCUT2D eigenvalue weighted by molar-refractivity contribution is 0.975. The summed E-state index contributed by atoms with van der Waals surface area (Å²) in [4.78, 5) is 17.2. The van der Waals surface area contributed by atoms with Gasteiger partial charge in [0.25, 0.3) is 0 Å². The molecule has 28 heavy (non-hydrogen) atoms. The topological polar surface area (TPSA) is 139 Å². The zero-order chi connectivity index (χ0) is 19.9. The summed E-state index contributed by atoms with van der Waals surface area (Å²) in [6.07, 6.45) is 1.53. The van der Waals surface area contributed by atoms with Crippen LogP contribution in [0.25, 0.3) is 11.3 Å². The Morgan fingerprint density at radius 2 is 1.96 bits per heavy atom. The van der Waals surface area contributed by atoms with Crippen LogP contribution in [0.3, 0.4) is 0 Å². The molecular formula is C20H18N8. The maximum absolute atomic E-state index is 9.09. The van der Waals surface area contributed by atoms with Crippen molar-refractivity contribution in [1.29, 1.82) is 5.26 Å². The van der Waals surface area contributed by atoms with Crippen LogP contribution in [0.1, 0.15) is 22.6 Å². The van der Waals surface area contributed by atoms with Crippen molar-refractivity contribution in [3.8, 4) is 17.3 Å². The molecule has 0 atom stereocenters. The van der Waals surface area contributed by atoms with Crippen molar-refractivity contribution in [1.82, 2.24) is 15.0 Å². The highest BCUT2D eigenvalue weighted by Gasteiger charge is 2.10. The molecule has 0 spiro atoms. The molecule has 0 radical (unpaired) electrons. The van der Waals surface area contributed by atoms with Gasteiger partial charge < -0.3 is 11.6 Å². The molecule has 8 nitrogen and oxygen atoms in total. The van der Waals surface area contributed by atoms with E-state index in [4.69, 9.17) is 16.8 Å².